The lowest BCUT2D eigenvalue weighted by atomic mass is 9.42. The van der Waals surface area contributed by atoms with E-state index in [0.29, 0.717) is 12.0 Å². The van der Waals surface area contributed by atoms with Crippen LogP contribution >= 0.6 is 0 Å². The maximum absolute atomic E-state index is 13.6. The van der Waals surface area contributed by atoms with Gasteiger partial charge in [0.15, 0.2) is 5.78 Å². The summed E-state index contributed by atoms with van der Waals surface area (Å²) >= 11 is 0. The number of allylic oxidation sites excluding steroid dienone is 2. The summed E-state index contributed by atoms with van der Waals surface area (Å²) in [5, 5.41) is 0. The third-order valence-corrected chi connectivity index (χ3v) is 10.2. The number of hydrogen-bond acceptors (Lipinski definition) is 8. The summed E-state index contributed by atoms with van der Waals surface area (Å²) in [6.45, 7) is 11.4. The summed E-state index contributed by atoms with van der Waals surface area (Å²) in [6.07, 6.45) is 3.82. The highest BCUT2D eigenvalue weighted by molar-refractivity contribution is 6.00. The second-order valence-electron chi connectivity index (χ2n) is 11.8. The fraction of sp³-hybridized carbons (Fsp3) is 0.643. The molecule has 1 saturated carbocycles. The number of fused-ring (bicyclic) bond motifs is 4. The average molecular weight is 497 g/mol. The van der Waals surface area contributed by atoms with Crippen LogP contribution in [-0.4, -0.2) is 48.3 Å². The largest absolute Gasteiger partial charge is 0.459 e. The Morgan fingerprint density at radius 3 is 2.53 bits per heavy atom. The predicted molar refractivity (Wildman–Crippen MR) is 125 cm³/mol. The van der Waals surface area contributed by atoms with Crippen LogP contribution in [0.4, 0.5) is 0 Å². The molecule has 0 amide bonds. The minimum absolute atomic E-state index is 0.0310. The molecule has 6 rings (SSSR count). The average Bonchev–Trinajstić information content (AvgIpc) is 3.47. The van der Waals surface area contributed by atoms with Crippen LogP contribution in [-0.2, 0) is 38.1 Å². The van der Waals surface area contributed by atoms with Crippen LogP contribution in [0, 0.1) is 34.0 Å². The van der Waals surface area contributed by atoms with Crippen LogP contribution in [0.3, 0.4) is 0 Å². The molecule has 0 bridgehead atoms. The quantitative estimate of drug-likeness (QED) is 0.433. The lowest BCUT2D eigenvalue weighted by molar-refractivity contribution is -0.186. The van der Waals surface area contributed by atoms with Gasteiger partial charge in [-0.05, 0) is 37.8 Å². The van der Waals surface area contributed by atoms with E-state index in [-0.39, 0.29) is 41.7 Å². The van der Waals surface area contributed by atoms with Gasteiger partial charge in [-0.3, -0.25) is 14.4 Å². The van der Waals surface area contributed by atoms with Crippen molar-refractivity contribution in [3.05, 3.63) is 34.9 Å². The first-order valence-corrected chi connectivity index (χ1v) is 12.8. The van der Waals surface area contributed by atoms with Gasteiger partial charge in [0.1, 0.15) is 12.2 Å². The van der Waals surface area contributed by atoms with Crippen molar-refractivity contribution in [2.75, 3.05) is 0 Å². The second-order valence-corrected chi connectivity index (χ2v) is 11.8. The van der Waals surface area contributed by atoms with Crippen LogP contribution in [0.5, 0.6) is 0 Å². The first-order valence-electron chi connectivity index (χ1n) is 12.8. The molecule has 3 aliphatic carbocycles. The van der Waals surface area contributed by atoms with E-state index >= 15 is 0 Å². The van der Waals surface area contributed by atoms with E-state index in [1.165, 1.54) is 13.0 Å². The number of ether oxygens (including phenoxy) is 4. The Kier molecular flexibility index (Phi) is 4.72. The van der Waals surface area contributed by atoms with Crippen LogP contribution in [0.15, 0.2) is 34.9 Å². The molecule has 6 aliphatic rings. The van der Waals surface area contributed by atoms with E-state index in [0.717, 1.165) is 17.6 Å². The van der Waals surface area contributed by atoms with Gasteiger partial charge in [0.05, 0.1) is 11.5 Å². The first-order chi connectivity index (χ1) is 16.9. The van der Waals surface area contributed by atoms with Crippen LogP contribution < -0.4 is 0 Å². The Balaban J connectivity index is 1.48. The van der Waals surface area contributed by atoms with Crippen molar-refractivity contribution < 1.29 is 38.1 Å². The SMILES string of the molecule is CC[C@H]1[C@]2(C)C3=C(C)[C@H](C4=CC(=O)OC4OC(C)=O)C[C@H]3O[C@@H]2[C@@H]2OC(=O)[C@]3(C)C=CC(=O)[C@@]1(C)[C@@H]23. The highest BCUT2D eigenvalue weighted by Gasteiger charge is 2.77. The van der Waals surface area contributed by atoms with Gasteiger partial charge >= 0.3 is 17.9 Å². The van der Waals surface area contributed by atoms with E-state index < -0.39 is 40.6 Å². The molecule has 3 fully saturated rings. The van der Waals surface area contributed by atoms with E-state index in [2.05, 4.69) is 13.8 Å². The van der Waals surface area contributed by atoms with Crippen molar-refractivity contribution in [3.63, 3.8) is 0 Å². The maximum atomic E-state index is 13.6. The topological polar surface area (TPSA) is 105 Å². The van der Waals surface area contributed by atoms with E-state index in [9.17, 15) is 19.2 Å². The van der Waals surface area contributed by atoms with E-state index in [1.54, 1.807) is 12.2 Å². The molecule has 0 aromatic rings. The van der Waals surface area contributed by atoms with Crippen molar-refractivity contribution in [2.45, 2.75) is 79.0 Å². The van der Waals surface area contributed by atoms with Gasteiger partial charge in [0.25, 0.3) is 6.29 Å². The summed E-state index contributed by atoms with van der Waals surface area (Å²) in [5.74, 6) is -1.91. The van der Waals surface area contributed by atoms with Crippen molar-refractivity contribution in [1.29, 1.82) is 0 Å². The second kappa shape index (κ2) is 7.18. The first kappa shape index (κ1) is 23.6. The molecule has 8 heteroatoms. The van der Waals surface area contributed by atoms with E-state index in [4.69, 9.17) is 18.9 Å². The van der Waals surface area contributed by atoms with Gasteiger partial charge in [-0.15, -0.1) is 0 Å². The summed E-state index contributed by atoms with van der Waals surface area (Å²) in [5.41, 5.74) is 0.551. The summed E-state index contributed by atoms with van der Waals surface area (Å²) in [7, 11) is 0. The molecule has 10 atom stereocenters. The standard InChI is InChI=1S/C28H32O8/c1-7-17-27(5)18(30)8-9-26(4)22(27)21(36-25(26)32)23-28(17,6)20-12(2)14(10-16(20)34-23)15-11-19(31)35-24(15)33-13(3)29/h8-9,11,14,16-17,21-24H,7,10H2,1-6H3/t14-,16-,17-,21-,22+,23-,24?,26-,27+,28-/m1/s1. The zero-order chi connectivity index (χ0) is 25.9. The third kappa shape index (κ3) is 2.58. The number of esters is 3. The molecular weight excluding hydrogens is 464 g/mol. The van der Waals surface area contributed by atoms with Crippen molar-refractivity contribution >= 4 is 23.7 Å². The highest BCUT2D eigenvalue weighted by atomic mass is 16.7. The molecule has 0 aromatic heterocycles. The molecule has 0 aromatic carbocycles. The Morgan fingerprint density at radius 1 is 1.14 bits per heavy atom. The smallest absolute Gasteiger partial charge is 0.334 e. The minimum atomic E-state index is -1.05. The predicted octanol–water partition coefficient (Wildman–Crippen LogP) is 3.20. The van der Waals surface area contributed by atoms with Crippen molar-refractivity contribution in [3.8, 4) is 0 Å². The number of rotatable bonds is 3. The van der Waals surface area contributed by atoms with Crippen LogP contribution in [0.2, 0.25) is 0 Å². The lowest BCUT2D eigenvalue weighted by Gasteiger charge is -2.59. The molecule has 3 heterocycles. The Labute approximate surface area is 210 Å². The normalized spacial score (nSPS) is 48.3. The van der Waals surface area contributed by atoms with Crippen molar-refractivity contribution in [1.82, 2.24) is 0 Å². The molecule has 1 unspecified atom stereocenters. The molecule has 0 spiro atoms. The monoisotopic (exact) mass is 496 g/mol. The molecule has 0 N–H and O–H groups in total. The Morgan fingerprint density at radius 2 is 1.86 bits per heavy atom. The Bertz CT molecular complexity index is 1210. The highest BCUT2D eigenvalue weighted by Crippen LogP contribution is 2.71. The number of ketones is 1. The number of hydrogen-bond donors (Lipinski definition) is 0. The van der Waals surface area contributed by atoms with Gasteiger partial charge in [-0.2, -0.15) is 0 Å². The fourth-order valence-corrected chi connectivity index (χ4v) is 9.03. The molecule has 2 saturated heterocycles. The van der Waals surface area contributed by atoms with Gasteiger partial charge in [-0.1, -0.05) is 38.8 Å². The van der Waals surface area contributed by atoms with E-state index in [1.807, 2.05) is 20.8 Å². The Hall–Kier alpha value is -2.74. The lowest BCUT2D eigenvalue weighted by Crippen LogP contribution is -2.65. The third-order valence-electron chi connectivity index (χ3n) is 10.2. The number of carbonyl (C=O) groups is 4. The fourth-order valence-electron chi connectivity index (χ4n) is 9.03. The van der Waals surface area contributed by atoms with Gasteiger partial charge in [0.2, 0.25) is 0 Å². The van der Waals surface area contributed by atoms with Gasteiger partial charge in [-0.25, -0.2) is 4.79 Å². The zero-order valence-corrected chi connectivity index (χ0v) is 21.5. The van der Waals surface area contributed by atoms with Gasteiger partial charge < -0.3 is 18.9 Å². The van der Waals surface area contributed by atoms with Crippen LogP contribution in [0.1, 0.15) is 54.4 Å². The molecule has 8 nitrogen and oxygen atoms in total. The van der Waals surface area contributed by atoms with Crippen molar-refractivity contribution in [2.24, 2.45) is 34.0 Å². The summed E-state index contributed by atoms with van der Waals surface area (Å²) in [6, 6.07) is 0. The summed E-state index contributed by atoms with van der Waals surface area (Å²) < 4.78 is 23.3. The molecule has 36 heavy (non-hydrogen) atoms. The zero-order valence-electron chi connectivity index (χ0n) is 21.5. The molecule has 192 valence electrons. The summed E-state index contributed by atoms with van der Waals surface area (Å²) in [4.78, 5) is 50.5. The molecular formula is C28H32O8. The number of cyclic esters (lactones) is 1. The maximum Gasteiger partial charge on any atom is 0.334 e. The van der Waals surface area contributed by atoms with Crippen LogP contribution in [0.25, 0.3) is 0 Å². The number of carbonyl (C=O) groups excluding carboxylic acids is 4. The van der Waals surface area contributed by atoms with Gasteiger partial charge in [0, 0.05) is 41.2 Å². The molecule has 3 aliphatic heterocycles. The molecule has 0 radical (unpaired) electrons. The minimum Gasteiger partial charge on any atom is -0.459 e.